The van der Waals surface area contributed by atoms with E-state index in [-0.39, 0.29) is 31.5 Å². The van der Waals surface area contributed by atoms with Crippen LogP contribution in [0.25, 0.3) is 0 Å². The van der Waals surface area contributed by atoms with E-state index in [1.807, 2.05) is 18.2 Å². The molecule has 0 saturated carbocycles. The van der Waals surface area contributed by atoms with Gasteiger partial charge in [-0.25, -0.2) is 0 Å². The molecule has 0 fully saturated rings. The molecule has 0 radical (unpaired) electrons. The molecule has 4 heteroatoms. The lowest BCUT2D eigenvalue weighted by Gasteiger charge is -2.11. The number of aliphatic hydroxyl groups is 2. The van der Waals surface area contributed by atoms with Crippen molar-refractivity contribution in [3.05, 3.63) is 35.9 Å². The molecule has 0 aliphatic rings. The predicted molar refractivity (Wildman–Crippen MR) is 61.3 cm³/mol. The van der Waals surface area contributed by atoms with E-state index in [9.17, 15) is 4.79 Å². The fourth-order valence-electron chi connectivity index (χ4n) is 1.30. The van der Waals surface area contributed by atoms with Gasteiger partial charge in [-0.2, -0.15) is 0 Å². The van der Waals surface area contributed by atoms with Crippen LogP contribution in [0.15, 0.2) is 30.3 Å². The summed E-state index contributed by atoms with van der Waals surface area (Å²) in [5.74, 6) is -0.196. The Labute approximate surface area is 94.9 Å². The second-order valence-electron chi connectivity index (χ2n) is 3.65. The summed E-state index contributed by atoms with van der Waals surface area (Å²) in [6.45, 7) is 0.498. The number of aliphatic hydroxyl groups excluding tert-OH is 2. The molecule has 0 aliphatic heterocycles. The van der Waals surface area contributed by atoms with Crippen LogP contribution in [-0.2, 0) is 0 Å². The van der Waals surface area contributed by atoms with Gasteiger partial charge in [-0.05, 0) is 0 Å². The third-order valence-electron chi connectivity index (χ3n) is 2.33. The van der Waals surface area contributed by atoms with Gasteiger partial charge in [-0.1, -0.05) is 30.3 Å². The summed E-state index contributed by atoms with van der Waals surface area (Å²) in [5, 5.41) is 20.6. The molecular formula is C12H17NO3. The topological polar surface area (TPSA) is 69.6 Å². The van der Waals surface area contributed by atoms with Crippen molar-refractivity contribution < 1.29 is 15.0 Å². The van der Waals surface area contributed by atoms with Crippen molar-refractivity contribution in [1.29, 1.82) is 0 Å². The maximum absolute atomic E-state index is 11.6. The molecule has 0 heterocycles. The molecule has 1 aromatic rings. The quantitative estimate of drug-likeness (QED) is 0.572. The summed E-state index contributed by atoms with van der Waals surface area (Å²) >= 11 is 0. The maximum Gasteiger partial charge on any atom is 0.176 e. The molecule has 0 spiro atoms. The van der Waals surface area contributed by atoms with E-state index < -0.39 is 0 Å². The number of ketones is 1. The summed E-state index contributed by atoms with van der Waals surface area (Å²) in [5.41, 5.74) is 0.666. The zero-order chi connectivity index (χ0) is 11.8. The van der Waals surface area contributed by atoms with Gasteiger partial charge in [0, 0.05) is 31.2 Å². The van der Waals surface area contributed by atoms with Crippen molar-refractivity contribution in [3.63, 3.8) is 0 Å². The standard InChI is InChI=1S/C12H17NO3/c14-8-10(9-15)6-13-7-12(16)11-4-2-1-3-5-11/h1-5,10,13-15H,6-9H2. The van der Waals surface area contributed by atoms with Gasteiger partial charge in [-0.3, -0.25) is 4.79 Å². The molecule has 0 amide bonds. The van der Waals surface area contributed by atoms with Crippen LogP contribution in [0, 0.1) is 5.92 Å². The molecule has 4 nitrogen and oxygen atoms in total. The van der Waals surface area contributed by atoms with Gasteiger partial charge in [0.15, 0.2) is 5.78 Å². The molecule has 0 bridgehead atoms. The lowest BCUT2D eigenvalue weighted by atomic mass is 10.1. The molecule has 16 heavy (non-hydrogen) atoms. The third kappa shape index (κ3) is 4.10. The van der Waals surface area contributed by atoms with Gasteiger partial charge < -0.3 is 15.5 Å². The summed E-state index contributed by atoms with van der Waals surface area (Å²) in [7, 11) is 0. The van der Waals surface area contributed by atoms with Gasteiger partial charge in [0.25, 0.3) is 0 Å². The van der Waals surface area contributed by atoms with Crippen LogP contribution in [-0.4, -0.2) is 42.3 Å². The number of carbonyl (C=O) groups excluding carboxylic acids is 1. The lowest BCUT2D eigenvalue weighted by molar-refractivity contribution is 0.0980. The summed E-state index contributed by atoms with van der Waals surface area (Å²) in [6.07, 6.45) is 0. The summed E-state index contributed by atoms with van der Waals surface area (Å²) < 4.78 is 0. The van der Waals surface area contributed by atoms with E-state index in [1.54, 1.807) is 12.1 Å². The van der Waals surface area contributed by atoms with Gasteiger partial charge in [0.1, 0.15) is 0 Å². The third-order valence-corrected chi connectivity index (χ3v) is 2.33. The first-order valence-corrected chi connectivity index (χ1v) is 5.28. The number of nitrogens with one attached hydrogen (secondary N) is 1. The van der Waals surface area contributed by atoms with Crippen molar-refractivity contribution in [3.8, 4) is 0 Å². The zero-order valence-corrected chi connectivity index (χ0v) is 9.10. The number of hydrogen-bond donors (Lipinski definition) is 3. The van der Waals surface area contributed by atoms with Crippen LogP contribution >= 0.6 is 0 Å². The highest BCUT2D eigenvalue weighted by Gasteiger charge is 2.07. The van der Waals surface area contributed by atoms with Crippen LogP contribution in [0.4, 0.5) is 0 Å². The minimum Gasteiger partial charge on any atom is -0.396 e. The minimum atomic E-state index is -0.205. The van der Waals surface area contributed by atoms with Crippen molar-refractivity contribution in [1.82, 2.24) is 5.32 Å². The van der Waals surface area contributed by atoms with Crippen molar-refractivity contribution >= 4 is 5.78 Å². The van der Waals surface area contributed by atoms with E-state index in [0.717, 1.165) is 0 Å². The Morgan fingerprint density at radius 3 is 2.38 bits per heavy atom. The second-order valence-corrected chi connectivity index (χ2v) is 3.65. The minimum absolute atomic E-state index is 0.00947. The fourth-order valence-corrected chi connectivity index (χ4v) is 1.30. The van der Waals surface area contributed by atoms with Crippen molar-refractivity contribution in [2.75, 3.05) is 26.3 Å². The monoisotopic (exact) mass is 223 g/mol. The normalized spacial score (nSPS) is 10.7. The van der Waals surface area contributed by atoms with Gasteiger partial charge in [0.05, 0.1) is 6.54 Å². The van der Waals surface area contributed by atoms with Crippen LogP contribution in [0.2, 0.25) is 0 Å². The van der Waals surface area contributed by atoms with E-state index >= 15 is 0 Å². The first-order chi connectivity index (χ1) is 7.77. The molecule has 0 saturated heterocycles. The highest BCUT2D eigenvalue weighted by molar-refractivity contribution is 5.97. The average molecular weight is 223 g/mol. The fraction of sp³-hybridized carbons (Fsp3) is 0.417. The zero-order valence-electron chi connectivity index (χ0n) is 9.10. The molecule has 0 unspecified atom stereocenters. The second kappa shape index (κ2) is 7.11. The molecule has 1 rings (SSSR count). The highest BCUT2D eigenvalue weighted by atomic mass is 16.3. The van der Waals surface area contributed by atoms with Gasteiger partial charge >= 0.3 is 0 Å². The Morgan fingerprint density at radius 2 is 1.81 bits per heavy atom. The van der Waals surface area contributed by atoms with Crippen molar-refractivity contribution in [2.45, 2.75) is 0 Å². The number of benzene rings is 1. The van der Waals surface area contributed by atoms with Gasteiger partial charge in [0.2, 0.25) is 0 Å². The molecular weight excluding hydrogens is 206 g/mol. The smallest absolute Gasteiger partial charge is 0.176 e. The molecule has 1 aromatic carbocycles. The van der Waals surface area contributed by atoms with E-state index in [0.29, 0.717) is 12.1 Å². The molecule has 0 aliphatic carbocycles. The molecule has 3 N–H and O–H groups in total. The Kier molecular flexibility index (Phi) is 5.71. The van der Waals surface area contributed by atoms with Crippen LogP contribution < -0.4 is 5.32 Å². The number of hydrogen-bond acceptors (Lipinski definition) is 4. The van der Waals surface area contributed by atoms with E-state index in [2.05, 4.69) is 5.32 Å². The summed E-state index contributed by atoms with van der Waals surface area (Å²) in [4.78, 5) is 11.6. The SMILES string of the molecule is O=C(CNCC(CO)CO)c1ccccc1. The lowest BCUT2D eigenvalue weighted by Crippen LogP contribution is -2.31. The summed E-state index contributed by atoms with van der Waals surface area (Å²) in [6, 6.07) is 9.02. The Bertz CT molecular complexity index is 309. The number of rotatable bonds is 7. The first kappa shape index (κ1) is 12.8. The first-order valence-electron chi connectivity index (χ1n) is 5.28. The van der Waals surface area contributed by atoms with Crippen LogP contribution in [0.5, 0.6) is 0 Å². The average Bonchev–Trinajstić information content (AvgIpc) is 2.35. The Hall–Kier alpha value is -1.23. The Balaban J connectivity index is 2.31. The molecule has 0 aromatic heterocycles. The largest absolute Gasteiger partial charge is 0.396 e. The maximum atomic E-state index is 11.6. The van der Waals surface area contributed by atoms with E-state index in [4.69, 9.17) is 10.2 Å². The van der Waals surface area contributed by atoms with Gasteiger partial charge in [-0.15, -0.1) is 0 Å². The molecule has 88 valence electrons. The number of carbonyl (C=O) groups is 1. The van der Waals surface area contributed by atoms with Crippen molar-refractivity contribution in [2.24, 2.45) is 5.92 Å². The van der Waals surface area contributed by atoms with E-state index in [1.165, 1.54) is 0 Å². The predicted octanol–water partition coefficient (Wildman–Crippen LogP) is 0.0597. The van der Waals surface area contributed by atoms with Crippen LogP contribution in [0.3, 0.4) is 0 Å². The number of Topliss-reactive ketones (excluding diaryl/α,β-unsaturated/α-hetero) is 1. The van der Waals surface area contributed by atoms with Crippen LogP contribution in [0.1, 0.15) is 10.4 Å². The highest BCUT2D eigenvalue weighted by Crippen LogP contribution is 1.99. The Morgan fingerprint density at radius 1 is 1.19 bits per heavy atom. The molecule has 0 atom stereocenters.